The van der Waals surface area contributed by atoms with Crippen LogP contribution >= 0.6 is 0 Å². The van der Waals surface area contributed by atoms with Gasteiger partial charge in [0, 0.05) is 12.3 Å². The van der Waals surface area contributed by atoms with E-state index in [9.17, 15) is 4.79 Å². The van der Waals surface area contributed by atoms with Crippen molar-refractivity contribution in [2.24, 2.45) is 22.9 Å². The highest BCUT2D eigenvalue weighted by Crippen LogP contribution is 2.52. The number of carbonyl (C=O) groups excluding carboxylic acids is 1. The number of nitrogens with zero attached hydrogens (tertiary/aromatic N) is 1. The molecule has 1 fully saturated rings. The minimum atomic E-state index is -0.824. The number of oxime groups is 1. The van der Waals surface area contributed by atoms with Crippen LogP contribution in [0.1, 0.15) is 40.5 Å². The third-order valence-electron chi connectivity index (χ3n) is 3.77. The molecule has 0 spiro atoms. The molecule has 3 unspecified atom stereocenters. The predicted molar refractivity (Wildman–Crippen MR) is 64.6 cm³/mol. The second-order valence-corrected chi connectivity index (χ2v) is 5.43. The molecule has 96 valence electrons. The summed E-state index contributed by atoms with van der Waals surface area (Å²) in [6.07, 6.45) is 1.62. The maximum atomic E-state index is 12.1. The summed E-state index contributed by atoms with van der Waals surface area (Å²) in [6, 6.07) is 0. The Balaban J connectivity index is 2.15. The summed E-state index contributed by atoms with van der Waals surface area (Å²) >= 11 is 0. The van der Waals surface area contributed by atoms with Crippen LogP contribution in [0.15, 0.2) is 5.16 Å². The van der Waals surface area contributed by atoms with E-state index < -0.39 is 5.60 Å². The van der Waals surface area contributed by atoms with Crippen molar-refractivity contribution in [3.8, 4) is 0 Å². The summed E-state index contributed by atoms with van der Waals surface area (Å²) in [7, 11) is 0. The maximum absolute atomic E-state index is 12.1. The Labute approximate surface area is 102 Å². The lowest BCUT2D eigenvalue weighted by Crippen LogP contribution is -2.43. The van der Waals surface area contributed by atoms with Gasteiger partial charge in [0.05, 0.1) is 12.3 Å². The minimum absolute atomic E-state index is 0.242. The van der Waals surface area contributed by atoms with Crippen LogP contribution in [-0.4, -0.2) is 23.9 Å². The molecule has 4 heteroatoms. The molecule has 1 aliphatic carbocycles. The number of carbonyl (C=O) groups is 1. The second kappa shape index (κ2) is 4.31. The number of hydrogen-bond donors (Lipinski definition) is 0. The molecule has 0 bridgehead atoms. The highest BCUT2D eigenvalue weighted by molar-refractivity contribution is 5.95. The molecule has 2 aliphatic rings. The van der Waals surface area contributed by atoms with Gasteiger partial charge in [-0.25, -0.2) is 4.79 Å². The molecule has 2 rings (SSSR count). The van der Waals surface area contributed by atoms with Crippen molar-refractivity contribution in [2.45, 2.75) is 46.1 Å². The van der Waals surface area contributed by atoms with Crippen molar-refractivity contribution in [3.05, 3.63) is 0 Å². The van der Waals surface area contributed by atoms with Gasteiger partial charge in [-0.05, 0) is 25.2 Å². The Morgan fingerprint density at radius 2 is 2.29 bits per heavy atom. The van der Waals surface area contributed by atoms with E-state index in [1.54, 1.807) is 0 Å². The number of rotatable bonds is 4. The van der Waals surface area contributed by atoms with Gasteiger partial charge in [0.25, 0.3) is 0 Å². The first kappa shape index (κ1) is 12.4. The molecule has 0 radical (unpaired) electrons. The lowest BCUT2D eigenvalue weighted by atomic mass is 9.87. The summed E-state index contributed by atoms with van der Waals surface area (Å²) in [4.78, 5) is 17.7. The molecule has 0 aromatic carbocycles. The van der Waals surface area contributed by atoms with Gasteiger partial charge < -0.3 is 9.57 Å². The zero-order valence-electron chi connectivity index (χ0n) is 11.0. The van der Waals surface area contributed by atoms with E-state index in [4.69, 9.17) is 9.57 Å². The summed E-state index contributed by atoms with van der Waals surface area (Å²) < 4.78 is 5.17. The van der Waals surface area contributed by atoms with E-state index in [0.717, 1.165) is 12.1 Å². The first-order valence-electron chi connectivity index (χ1n) is 6.43. The molecule has 0 N–H and O–H groups in total. The highest BCUT2D eigenvalue weighted by atomic mass is 16.7. The Kier molecular flexibility index (Phi) is 3.15. The van der Waals surface area contributed by atoms with Crippen LogP contribution in [0, 0.1) is 17.8 Å². The van der Waals surface area contributed by atoms with E-state index in [1.165, 1.54) is 0 Å². The van der Waals surface area contributed by atoms with Crippen LogP contribution in [0.3, 0.4) is 0 Å². The fourth-order valence-corrected chi connectivity index (χ4v) is 2.47. The molecule has 0 aromatic rings. The first-order valence-corrected chi connectivity index (χ1v) is 6.43. The lowest BCUT2D eigenvalue weighted by molar-refractivity contribution is -0.172. The van der Waals surface area contributed by atoms with Gasteiger partial charge in [0.15, 0.2) is 0 Å². The van der Waals surface area contributed by atoms with Crippen molar-refractivity contribution in [1.82, 2.24) is 0 Å². The minimum Gasteiger partial charge on any atom is -0.463 e. The highest BCUT2D eigenvalue weighted by Gasteiger charge is 2.61. The average Bonchev–Trinajstić information content (AvgIpc) is 2.84. The topological polar surface area (TPSA) is 47.9 Å². The van der Waals surface area contributed by atoms with Gasteiger partial charge >= 0.3 is 5.97 Å². The van der Waals surface area contributed by atoms with Crippen molar-refractivity contribution in [1.29, 1.82) is 0 Å². The normalized spacial score (nSPS) is 35.5. The average molecular weight is 239 g/mol. The van der Waals surface area contributed by atoms with Crippen LogP contribution < -0.4 is 0 Å². The molecule has 17 heavy (non-hydrogen) atoms. The maximum Gasteiger partial charge on any atom is 0.354 e. The number of hydrogen-bond acceptors (Lipinski definition) is 4. The van der Waals surface area contributed by atoms with Crippen LogP contribution in [-0.2, 0) is 14.4 Å². The summed E-state index contributed by atoms with van der Waals surface area (Å²) in [5.74, 6) is 0.872. The fourth-order valence-electron chi connectivity index (χ4n) is 2.47. The SMILES string of the molecule is CCOC(=O)C1(C2CC2C)CC(C(C)C)=NO1. The third kappa shape index (κ3) is 2.05. The smallest absolute Gasteiger partial charge is 0.354 e. The summed E-state index contributed by atoms with van der Waals surface area (Å²) in [5, 5.41) is 4.10. The van der Waals surface area contributed by atoms with Crippen LogP contribution in [0.2, 0.25) is 0 Å². The van der Waals surface area contributed by atoms with E-state index in [0.29, 0.717) is 24.9 Å². The summed E-state index contributed by atoms with van der Waals surface area (Å²) in [5.41, 5.74) is 0.145. The molecule has 0 amide bonds. The quantitative estimate of drug-likeness (QED) is 0.708. The molecule has 0 saturated heterocycles. The van der Waals surface area contributed by atoms with Gasteiger partial charge in [-0.15, -0.1) is 0 Å². The molecule has 1 heterocycles. The molecular formula is C13H21NO3. The van der Waals surface area contributed by atoms with Crippen LogP contribution in [0.5, 0.6) is 0 Å². The summed E-state index contributed by atoms with van der Waals surface area (Å²) in [6.45, 7) is 8.49. The van der Waals surface area contributed by atoms with E-state index in [-0.39, 0.29) is 11.9 Å². The number of ether oxygens (including phenoxy) is 1. The first-order chi connectivity index (χ1) is 8.01. The molecule has 1 saturated carbocycles. The monoisotopic (exact) mass is 239 g/mol. The third-order valence-corrected chi connectivity index (χ3v) is 3.77. The Hall–Kier alpha value is -1.06. The Morgan fingerprint density at radius 1 is 1.65 bits per heavy atom. The van der Waals surface area contributed by atoms with E-state index in [2.05, 4.69) is 25.9 Å². The molecule has 3 atom stereocenters. The molecule has 0 aromatic heterocycles. The van der Waals surface area contributed by atoms with Crippen LogP contribution in [0.25, 0.3) is 0 Å². The van der Waals surface area contributed by atoms with Gasteiger partial charge in [-0.3, -0.25) is 0 Å². The van der Waals surface area contributed by atoms with Gasteiger partial charge in [0.1, 0.15) is 0 Å². The fraction of sp³-hybridized carbons (Fsp3) is 0.846. The van der Waals surface area contributed by atoms with Crippen molar-refractivity contribution in [3.63, 3.8) is 0 Å². The second-order valence-electron chi connectivity index (χ2n) is 5.43. The molecule has 4 nitrogen and oxygen atoms in total. The zero-order valence-corrected chi connectivity index (χ0v) is 11.0. The largest absolute Gasteiger partial charge is 0.463 e. The standard InChI is InChI=1S/C13H21NO3/c1-5-16-12(15)13(10-6-9(10)4)7-11(8(2)3)14-17-13/h8-10H,5-7H2,1-4H3. The van der Waals surface area contributed by atoms with E-state index >= 15 is 0 Å². The number of esters is 1. The Morgan fingerprint density at radius 3 is 2.71 bits per heavy atom. The van der Waals surface area contributed by atoms with E-state index in [1.807, 2.05) is 6.92 Å². The predicted octanol–water partition coefficient (Wildman–Crippen LogP) is 2.38. The lowest BCUT2D eigenvalue weighted by Gasteiger charge is -2.24. The zero-order chi connectivity index (χ0) is 12.6. The van der Waals surface area contributed by atoms with Gasteiger partial charge in [-0.2, -0.15) is 0 Å². The van der Waals surface area contributed by atoms with Crippen molar-refractivity contribution < 1.29 is 14.4 Å². The van der Waals surface area contributed by atoms with Crippen molar-refractivity contribution in [2.75, 3.05) is 6.61 Å². The van der Waals surface area contributed by atoms with Gasteiger partial charge in [0.2, 0.25) is 5.60 Å². The van der Waals surface area contributed by atoms with Crippen LogP contribution in [0.4, 0.5) is 0 Å². The molecular weight excluding hydrogens is 218 g/mol. The van der Waals surface area contributed by atoms with Gasteiger partial charge in [-0.1, -0.05) is 25.9 Å². The molecule has 1 aliphatic heterocycles. The Bertz CT molecular complexity index is 351. The van der Waals surface area contributed by atoms with Crippen molar-refractivity contribution >= 4 is 11.7 Å².